The number of aliphatic hydroxyl groups is 1. The Morgan fingerprint density at radius 3 is 2.56 bits per heavy atom. The van der Waals surface area contributed by atoms with Crippen LogP contribution in [-0.4, -0.2) is 23.3 Å². The second kappa shape index (κ2) is 7.17. The number of anilines is 1. The first kappa shape index (κ1) is 17.2. The highest BCUT2D eigenvalue weighted by molar-refractivity contribution is 6.19. The molecular weight excluding hydrogens is 336 g/mol. The second-order valence-corrected chi connectivity index (χ2v) is 6.66. The van der Waals surface area contributed by atoms with Crippen LogP contribution in [-0.2, 0) is 11.4 Å². The first-order chi connectivity index (χ1) is 13.2. The molecule has 134 valence electrons. The predicted molar refractivity (Wildman–Crippen MR) is 108 cm³/mol. The quantitative estimate of drug-likeness (QED) is 0.747. The Morgan fingerprint density at radius 1 is 0.963 bits per heavy atom. The summed E-state index contributed by atoms with van der Waals surface area (Å²) in [6.45, 7) is 2.08. The van der Waals surface area contributed by atoms with Crippen LogP contribution in [0.2, 0.25) is 0 Å². The molecule has 4 heteroatoms. The van der Waals surface area contributed by atoms with Gasteiger partial charge in [-0.25, -0.2) is 0 Å². The van der Waals surface area contributed by atoms with Gasteiger partial charge in [-0.3, -0.25) is 9.79 Å². The van der Waals surface area contributed by atoms with Crippen molar-refractivity contribution in [2.45, 2.75) is 13.5 Å². The first-order valence-electron chi connectivity index (χ1n) is 8.90. The van der Waals surface area contributed by atoms with E-state index in [1.807, 2.05) is 73.7 Å². The molecule has 0 saturated carbocycles. The number of aliphatic hydroxyl groups excluding tert-OH is 1. The molecule has 4 rings (SSSR count). The zero-order valence-corrected chi connectivity index (χ0v) is 15.1. The monoisotopic (exact) mass is 356 g/mol. The summed E-state index contributed by atoms with van der Waals surface area (Å²) >= 11 is 0. The highest BCUT2D eigenvalue weighted by Crippen LogP contribution is 2.31. The number of hydrogen-bond donors (Lipinski definition) is 2. The molecule has 0 aliphatic carbocycles. The maximum absolute atomic E-state index is 12.1. The van der Waals surface area contributed by atoms with Crippen molar-refractivity contribution in [3.8, 4) is 11.1 Å². The van der Waals surface area contributed by atoms with Crippen LogP contribution in [0.4, 0.5) is 5.69 Å². The molecule has 0 fully saturated rings. The molecule has 0 saturated heterocycles. The smallest absolute Gasteiger partial charge is 0.246 e. The van der Waals surface area contributed by atoms with E-state index in [4.69, 9.17) is 0 Å². The Balaban J connectivity index is 1.89. The molecule has 1 amide bonds. The third kappa shape index (κ3) is 3.39. The van der Waals surface area contributed by atoms with Crippen LogP contribution in [0.5, 0.6) is 0 Å². The van der Waals surface area contributed by atoms with Crippen LogP contribution in [0, 0.1) is 6.92 Å². The number of rotatable bonds is 3. The number of aryl methyl sites for hydroxylation is 1. The van der Waals surface area contributed by atoms with Gasteiger partial charge in [0.15, 0.2) is 0 Å². The minimum atomic E-state index is -0.124. The van der Waals surface area contributed by atoms with Gasteiger partial charge in [-0.1, -0.05) is 60.2 Å². The number of benzodiazepines with no additional fused rings is 1. The summed E-state index contributed by atoms with van der Waals surface area (Å²) in [7, 11) is 0. The summed E-state index contributed by atoms with van der Waals surface area (Å²) in [6.07, 6.45) is 0. The van der Waals surface area contributed by atoms with E-state index in [-0.39, 0.29) is 19.1 Å². The molecule has 0 aromatic heterocycles. The number of fused-ring (bicyclic) bond motifs is 1. The van der Waals surface area contributed by atoms with Crippen LogP contribution < -0.4 is 5.32 Å². The Kier molecular flexibility index (Phi) is 4.57. The number of hydrogen-bond acceptors (Lipinski definition) is 3. The van der Waals surface area contributed by atoms with Crippen LogP contribution in [0.15, 0.2) is 71.7 Å². The molecule has 3 aromatic rings. The summed E-state index contributed by atoms with van der Waals surface area (Å²) in [5.74, 6) is -0.124. The minimum absolute atomic E-state index is 0.0233. The van der Waals surface area contributed by atoms with E-state index < -0.39 is 0 Å². The van der Waals surface area contributed by atoms with Crippen molar-refractivity contribution in [2.75, 3.05) is 11.9 Å². The fourth-order valence-corrected chi connectivity index (χ4v) is 3.42. The summed E-state index contributed by atoms with van der Waals surface area (Å²) in [5.41, 5.74) is 7.35. The lowest BCUT2D eigenvalue weighted by molar-refractivity contribution is -0.114. The Bertz CT molecular complexity index is 1040. The first-order valence-corrected chi connectivity index (χ1v) is 8.90. The van der Waals surface area contributed by atoms with Crippen LogP contribution in [0.1, 0.15) is 22.3 Å². The molecule has 4 nitrogen and oxygen atoms in total. The summed E-state index contributed by atoms with van der Waals surface area (Å²) in [6, 6.07) is 21.9. The van der Waals surface area contributed by atoms with E-state index >= 15 is 0 Å². The highest BCUT2D eigenvalue weighted by Gasteiger charge is 2.19. The number of carbonyl (C=O) groups is 1. The molecule has 0 atom stereocenters. The van der Waals surface area contributed by atoms with E-state index in [0.717, 1.165) is 44.8 Å². The fraction of sp³-hybridized carbons (Fsp3) is 0.130. The topological polar surface area (TPSA) is 61.7 Å². The lowest BCUT2D eigenvalue weighted by atomic mass is 9.93. The summed E-state index contributed by atoms with van der Waals surface area (Å²) in [5, 5.41) is 12.7. The van der Waals surface area contributed by atoms with Gasteiger partial charge in [0.1, 0.15) is 6.54 Å². The van der Waals surface area contributed by atoms with Gasteiger partial charge in [-0.05, 0) is 35.7 Å². The lowest BCUT2D eigenvalue weighted by Crippen LogP contribution is -2.13. The van der Waals surface area contributed by atoms with Crippen molar-refractivity contribution in [3.05, 3.63) is 89.0 Å². The third-order valence-corrected chi connectivity index (χ3v) is 4.72. The zero-order valence-electron chi connectivity index (χ0n) is 15.1. The summed E-state index contributed by atoms with van der Waals surface area (Å²) < 4.78 is 0. The third-order valence-electron chi connectivity index (χ3n) is 4.72. The molecule has 0 bridgehead atoms. The van der Waals surface area contributed by atoms with Gasteiger partial charge < -0.3 is 10.4 Å². The molecule has 3 aromatic carbocycles. The number of nitrogens with zero attached hydrogens (tertiary/aromatic N) is 1. The average molecular weight is 356 g/mol. The van der Waals surface area contributed by atoms with Crippen molar-refractivity contribution >= 4 is 17.3 Å². The molecule has 27 heavy (non-hydrogen) atoms. The normalized spacial score (nSPS) is 13.4. The van der Waals surface area contributed by atoms with Crippen molar-refractivity contribution in [2.24, 2.45) is 4.99 Å². The molecule has 1 heterocycles. The van der Waals surface area contributed by atoms with Crippen molar-refractivity contribution in [3.63, 3.8) is 0 Å². The SMILES string of the molecule is Cc1ccc(-c2ccc3c(c2)C(c2ccccc2)=NCC(=O)N3)c(CO)c1. The second-order valence-electron chi connectivity index (χ2n) is 6.66. The Morgan fingerprint density at radius 2 is 1.78 bits per heavy atom. The van der Waals surface area contributed by atoms with Gasteiger partial charge in [0, 0.05) is 11.1 Å². The van der Waals surface area contributed by atoms with Gasteiger partial charge >= 0.3 is 0 Å². The van der Waals surface area contributed by atoms with E-state index in [1.54, 1.807) is 0 Å². The fourth-order valence-electron chi connectivity index (χ4n) is 3.42. The Labute approximate surface area is 158 Å². The van der Waals surface area contributed by atoms with Gasteiger partial charge in [-0.2, -0.15) is 0 Å². The molecule has 0 radical (unpaired) electrons. The molecule has 1 aliphatic rings. The van der Waals surface area contributed by atoms with Crippen LogP contribution in [0.3, 0.4) is 0 Å². The molecule has 0 spiro atoms. The van der Waals surface area contributed by atoms with Crippen molar-refractivity contribution < 1.29 is 9.90 Å². The largest absolute Gasteiger partial charge is 0.392 e. The molecule has 2 N–H and O–H groups in total. The number of nitrogens with one attached hydrogen (secondary N) is 1. The van der Waals surface area contributed by atoms with Gasteiger partial charge in [0.05, 0.1) is 18.0 Å². The standard InChI is InChI=1S/C23H20N2O2/c1-15-7-9-19(18(11-15)14-26)17-8-10-21-20(12-17)23(24-13-22(27)25-21)16-5-3-2-4-6-16/h2-12,26H,13-14H2,1H3,(H,25,27). The Hall–Kier alpha value is -3.24. The number of aliphatic imine (C=N–C) groups is 1. The predicted octanol–water partition coefficient (Wildman–Crippen LogP) is 3.94. The van der Waals surface area contributed by atoms with E-state index in [2.05, 4.69) is 10.3 Å². The number of benzene rings is 3. The van der Waals surface area contributed by atoms with E-state index in [0.29, 0.717) is 0 Å². The van der Waals surface area contributed by atoms with Crippen molar-refractivity contribution in [1.29, 1.82) is 0 Å². The lowest BCUT2D eigenvalue weighted by Gasteiger charge is -2.14. The maximum Gasteiger partial charge on any atom is 0.246 e. The van der Waals surface area contributed by atoms with Gasteiger partial charge in [-0.15, -0.1) is 0 Å². The minimum Gasteiger partial charge on any atom is -0.392 e. The van der Waals surface area contributed by atoms with E-state index in [1.165, 1.54) is 0 Å². The maximum atomic E-state index is 12.1. The molecular formula is C23H20N2O2. The van der Waals surface area contributed by atoms with Crippen molar-refractivity contribution in [1.82, 2.24) is 0 Å². The number of amides is 1. The zero-order chi connectivity index (χ0) is 18.8. The highest BCUT2D eigenvalue weighted by atomic mass is 16.3. The summed E-state index contributed by atoms with van der Waals surface area (Å²) in [4.78, 5) is 16.6. The molecule has 0 unspecified atom stereocenters. The molecule has 1 aliphatic heterocycles. The number of carbonyl (C=O) groups excluding carboxylic acids is 1. The van der Waals surface area contributed by atoms with Gasteiger partial charge in [0.2, 0.25) is 5.91 Å². The van der Waals surface area contributed by atoms with Crippen LogP contribution in [0.25, 0.3) is 11.1 Å². The van der Waals surface area contributed by atoms with Gasteiger partial charge in [0.25, 0.3) is 0 Å². The van der Waals surface area contributed by atoms with Crippen LogP contribution >= 0.6 is 0 Å². The average Bonchev–Trinajstić information content (AvgIpc) is 2.86. The van der Waals surface area contributed by atoms with E-state index in [9.17, 15) is 9.90 Å².